The van der Waals surface area contributed by atoms with Crippen molar-refractivity contribution in [1.29, 1.82) is 0 Å². The number of hydrogen-bond acceptors (Lipinski definition) is 6. The molecule has 0 radical (unpaired) electrons. The van der Waals surface area contributed by atoms with E-state index in [1.807, 2.05) is 18.2 Å². The zero-order valence-electron chi connectivity index (χ0n) is 16.9. The molecule has 4 N–H and O–H groups in total. The summed E-state index contributed by atoms with van der Waals surface area (Å²) in [6, 6.07) is 7.56. The lowest BCUT2D eigenvalue weighted by molar-refractivity contribution is -0.146. The van der Waals surface area contributed by atoms with Gasteiger partial charge in [0.25, 0.3) is 0 Å². The van der Waals surface area contributed by atoms with E-state index in [9.17, 15) is 9.59 Å². The minimum atomic E-state index is -0.662. The van der Waals surface area contributed by atoms with Crippen molar-refractivity contribution in [3.05, 3.63) is 47.1 Å². The number of aryl methyl sites for hydroxylation is 1. The van der Waals surface area contributed by atoms with Gasteiger partial charge in [-0.3, -0.25) is 14.7 Å². The molecular weight excluding hydrogens is 400 g/mol. The second-order valence-electron chi connectivity index (χ2n) is 7.71. The molecule has 0 aromatic carbocycles. The molecule has 0 saturated carbocycles. The first-order chi connectivity index (χ1) is 14.4. The highest BCUT2D eigenvalue weighted by atomic mass is 32.1. The number of anilines is 2. The maximum absolute atomic E-state index is 13.1. The minimum absolute atomic E-state index is 0.118. The van der Waals surface area contributed by atoms with Crippen LogP contribution < -0.4 is 11.1 Å². The summed E-state index contributed by atoms with van der Waals surface area (Å²) >= 11 is 1.62. The van der Waals surface area contributed by atoms with E-state index in [2.05, 4.69) is 27.4 Å². The summed E-state index contributed by atoms with van der Waals surface area (Å²) in [5, 5.41) is 9.63. The molecule has 4 rings (SSSR count). The first kappa shape index (κ1) is 20.1. The molecule has 0 aliphatic carbocycles. The molecule has 1 saturated heterocycles. The summed E-state index contributed by atoms with van der Waals surface area (Å²) in [7, 11) is 0. The molecule has 3 aromatic rings. The number of aromatic nitrogens is 3. The molecular formula is C21H24N6O2S. The average molecular weight is 425 g/mol. The molecule has 4 heterocycles. The fraction of sp³-hybridized carbons (Fsp3) is 0.333. The highest BCUT2D eigenvalue weighted by molar-refractivity contribution is 7.15. The van der Waals surface area contributed by atoms with Crippen molar-refractivity contribution < 1.29 is 9.59 Å². The van der Waals surface area contributed by atoms with E-state index in [1.54, 1.807) is 35.4 Å². The van der Waals surface area contributed by atoms with Gasteiger partial charge in [0, 0.05) is 17.6 Å². The number of amides is 2. The first-order valence-electron chi connectivity index (χ1n) is 9.86. The van der Waals surface area contributed by atoms with Gasteiger partial charge in [-0.1, -0.05) is 6.92 Å². The van der Waals surface area contributed by atoms with Gasteiger partial charge in [-0.05, 0) is 55.5 Å². The number of nitrogens with one attached hydrogen (secondary N) is 2. The van der Waals surface area contributed by atoms with Crippen LogP contribution in [0.3, 0.4) is 0 Å². The maximum atomic E-state index is 13.1. The Hall–Kier alpha value is -3.20. The number of aromatic amines is 1. The zero-order valence-corrected chi connectivity index (χ0v) is 17.7. The molecule has 0 bridgehead atoms. The van der Waals surface area contributed by atoms with E-state index in [0.29, 0.717) is 24.0 Å². The van der Waals surface area contributed by atoms with E-state index < -0.39 is 11.8 Å². The number of rotatable bonds is 3. The van der Waals surface area contributed by atoms with Gasteiger partial charge < -0.3 is 16.0 Å². The number of pyridine rings is 1. The van der Waals surface area contributed by atoms with Crippen molar-refractivity contribution >= 4 is 34.7 Å². The van der Waals surface area contributed by atoms with Crippen LogP contribution in [0.2, 0.25) is 0 Å². The Morgan fingerprint density at radius 1 is 1.30 bits per heavy atom. The van der Waals surface area contributed by atoms with Gasteiger partial charge >= 0.3 is 11.8 Å². The lowest BCUT2D eigenvalue weighted by Crippen LogP contribution is -2.46. The Bertz CT molecular complexity index is 1060. The summed E-state index contributed by atoms with van der Waals surface area (Å²) in [5.74, 6) is -0.455. The van der Waals surface area contributed by atoms with Crippen molar-refractivity contribution in [3.8, 4) is 10.6 Å². The Labute approximate surface area is 178 Å². The van der Waals surface area contributed by atoms with Crippen molar-refractivity contribution in [2.45, 2.75) is 32.7 Å². The molecule has 2 atom stereocenters. The molecule has 3 aromatic heterocycles. The molecule has 156 valence electrons. The lowest BCUT2D eigenvalue weighted by Gasteiger charge is -2.37. The molecule has 1 aliphatic rings. The number of nitrogen functional groups attached to an aromatic ring is 1. The lowest BCUT2D eigenvalue weighted by atomic mass is 9.93. The topological polar surface area (TPSA) is 117 Å². The second kappa shape index (κ2) is 8.27. The van der Waals surface area contributed by atoms with Gasteiger partial charge in [0.15, 0.2) is 0 Å². The number of hydrogen-bond donors (Lipinski definition) is 3. The molecule has 8 nitrogen and oxygen atoms in total. The summed E-state index contributed by atoms with van der Waals surface area (Å²) in [5.41, 5.74) is 7.87. The highest BCUT2D eigenvalue weighted by Crippen LogP contribution is 2.39. The molecule has 2 amide bonds. The monoisotopic (exact) mass is 424 g/mol. The number of nitrogens with zero attached hydrogens (tertiary/aromatic N) is 3. The van der Waals surface area contributed by atoms with Crippen LogP contribution in [0, 0.1) is 12.8 Å². The predicted molar refractivity (Wildman–Crippen MR) is 117 cm³/mol. The van der Waals surface area contributed by atoms with Crippen molar-refractivity contribution in [2.75, 3.05) is 17.6 Å². The Balaban J connectivity index is 1.54. The van der Waals surface area contributed by atoms with Gasteiger partial charge in [-0.25, -0.2) is 4.98 Å². The zero-order chi connectivity index (χ0) is 21.3. The Morgan fingerprint density at radius 3 is 2.87 bits per heavy atom. The number of thiophene rings is 1. The average Bonchev–Trinajstić information content (AvgIpc) is 3.42. The highest BCUT2D eigenvalue weighted by Gasteiger charge is 2.35. The smallest absolute Gasteiger partial charge is 0.313 e. The second-order valence-corrected chi connectivity index (χ2v) is 8.82. The van der Waals surface area contributed by atoms with Crippen molar-refractivity contribution in [2.24, 2.45) is 5.92 Å². The first-order valence-corrected chi connectivity index (χ1v) is 10.7. The number of nitrogens with two attached hydrogens (primary N) is 1. The standard InChI is InChI=1S/C21H24N6O2S/c1-12-3-4-16(18-6-5-17(30-18)15-7-8-24-26-15)27(11-12)21(29)20(28)25-14-9-13(2)19(22)23-10-14/h5-10,12,16H,3-4,11H2,1-2H3,(H2,22,23)(H,24,26)(H,25,28)/t12-,16+/m0/s1. The third-order valence-corrected chi connectivity index (χ3v) is 6.59. The van der Waals surface area contributed by atoms with Gasteiger partial charge in [0.1, 0.15) is 5.82 Å². The summed E-state index contributed by atoms with van der Waals surface area (Å²) in [6.07, 6.45) is 5.00. The molecule has 0 unspecified atom stereocenters. The minimum Gasteiger partial charge on any atom is -0.383 e. The maximum Gasteiger partial charge on any atom is 0.313 e. The van der Waals surface area contributed by atoms with Crippen LogP contribution >= 0.6 is 11.3 Å². The Morgan fingerprint density at radius 2 is 2.13 bits per heavy atom. The normalized spacial score (nSPS) is 18.9. The number of likely N-dealkylation sites (tertiary alicyclic amines) is 1. The fourth-order valence-corrected chi connectivity index (χ4v) is 4.84. The summed E-state index contributed by atoms with van der Waals surface area (Å²) in [4.78, 5) is 33.6. The molecule has 0 spiro atoms. The quantitative estimate of drug-likeness (QED) is 0.557. The molecule has 30 heavy (non-hydrogen) atoms. The largest absolute Gasteiger partial charge is 0.383 e. The SMILES string of the molecule is Cc1cc(NC(=O)C(=O)N2C[C@@H](C)CC[C@@H]2c2ccc(-c3ccn[nH]3)s2)cnc1N. The van der Waals surface area contributed by atoms with Crippen LogP contribution in [0.1, 0.15) is 36.2 Å². The van der Waals surface area contributed by atoms with Gasteiger partial charge in [0.2, 0.25) is 0 Å². The third-order valence-electron chi connectivity index (χ3n) is 5.37. The third kappa shape index (κ3) is 4.06. The van der Waals surface area contributed by atoms with E-state index >= 15 is 0 Å². The van der Waals surface area contributed by atoms with Crippen LogP contribution in [-0.2, 0) is 9.59 Å². The summed E-state index contributed by atoms with van der Waals surface area (Å²) < 4.78 is 0. The van der Waals surface area contributed by atoms with Crippen LogP contribution in [-0.4, -0.2) is 38.4 Å². The van der Waals surface area contributed by atoms with Crippen LogP contribution in [0.4, 0.5) is 11.5 Å². The number of H-pyrrole nitrogens is 1. The number of piperidine rings is 1. The van der Waals surface area contributed by atoms with E-state index in [1.165, 1.54) is 6.20 Å². The van der Waals surface area contributed by atoms with Crippen molar-refractivity contribution in [3.63, 3.8) is 0 Å². The van der Waals surface area contributed by atoms with E-state index in [-0.39, 0.29) is 6.04 Å². The van der Waals surface area contributed by atoms with E-state index in [4.69, 9.17) is 5.73 Å². The van der Waals surface area contributed by atoms with Crippen LogP contribution in [0.5, 0.6) is 0 Å². The predicted octanol–water partition coefficient (Wildman–Crippen LogP) is 3.36. The van der Waals surface area contributed by atoms with Crippen molar-refractivity contribution in [1.82, 2.24) is 20.1 Å². The molecule has 1 fully saturated rings. The molecule has 1 aliphatic heterocycles. The Kier molecular flexibility index (Phi) is 5.54. The van der Waals surface area contributed by atoms with Crippen LogP contribution in [0.15, 0.2) is 36.7 Å². The van der Waals surface area contributed by atoms with Gasteiger partial charge in [0.05, 0.1) is 28.5 Å². The number of carbonyl (C=O) groups excluding carboxylic acids is 2. The number of carbonyl (C=O) groups is 2. The fourth-order valence-electron chi connectivity index (χ4n) is 3.71. The van der Waals surface area contributed by atoms with Gasteiger partial charge in [-0.2, -0.15) is 5.10 Å². The van der Waals surface area contributed by atoms with E-state index in [0.717, 1.165) is 33.9 Å². The molecule has 9 heteroatoms. The summed E-state index contributed by atoms with van der Waals surface area (Å²) in [6.45, 7) is 4.45. The van der Waals surface area contributed by atoms with Crippen LogP contribution in [0.25, 0.3) is 10.6 Å². The van der Waals surface area contributed by atoms with Gasteiger partial charge in [-0.15, -0.1) is 11.3 Å².